The maximum atomic E-state index is 5.63. The highest BCUT2D eigenvalue weighted by Gasteiger charge is 2.22. The molecule has 66 valence electrons. The van der Waals surface area contributed by atoms with Gasteiger partial charge < -0.3 is 14.4 Å². The molecular formula is C8H17NO2. The Morgan fingerprint density at radius 3 is 2.82 bits per heavy atom. The third-order valence-corrected chi connectivity index (χ3v) is 1.86. The lowest BCUT2D eigenvalue weighted by Crippen LogP contribution is -2.46. The third-order valence-electron chi connectivity index (χ3n) is 1.86. The topological polar surface area (TPSA) is 21.7 Å². The second-order valence-electron chi connectivity index (χ2n) is 3.25. The fraction of sp³-hybridized carbons (Fsp3) is 1.00. The number of nitrogens with zero attached hydrogens (tertiary/aromatic N) is 1. The maximum Gasteiger partial charge on any atom is 0.0938 e. The minimum atomic E-state index is 0.258. The lowest BCUT2D eigenvalue weighted by atomic mass is 10.2. The molecule has 1 rings (SSSR count). The predicted octanol–water partition coefficient (Wildman–Crippen LogP) is 0.352. The molecule has 1 saturated heterocycles. The van der Waals surface area contributed by atoms with Gasteiger partial charge in [0.2, 0.25) is 0 Å². The van der Waals surface area contributed by atoms with E-state index in [0.717, 1.165) is 13.1 Å². The molecule has 0 amide bonds. The van der Waals surface area contributed by atoms with Crippen LogP contribution >= 0.6 is 0 Å². The smallest absolute Gasteiger partial charge is 0.0938 e. The molecule has 0 aromatic carbocycles. The van der Waals surface area contributed by atoms with Gasteiger partial charge in [-0.1, -0.05) is 0 Å². The van der Waals surface area contributed by atoms with E-state index >= 15 is 0 Å². The highest BCUT2D eigenvalue weighted by molar-refractivity contribution is 4.72. The van der Waals surface area contributed by atoms with Crippen LogP contribution in [0.15, 0.2) is 0 Å². The molecule has 1 unspecified atom stereocenters. The molecule has 0 bridgehead atoms. The molecule has 0 aromatic heterocycles. The van der Waals surface area contributed by atoms with Crippen molar-refractivity contribution in [3.05, 3.63) is 0 Å². The number of methoxy groups -OCH3 is 1. The molecule has 3 nitrogen and oxygen atoms in total. The van der Waals surface area contributed by atoms with Crippen molar-refractivity contribution >= 4 is 0 Å². The molecule has 0 aliphatic carbocycles. The summed E-state index contributed by atoms with van der Waals surface area (Å²) >= 11 is 0. The van der Waals surface area contributed by atoms with Gasteiger partial charge in [-0.05, 0) is 14.0 Å². The van der Waals surface area contributed by atoms with E-state index in [4.69, 9.17) is 9.47 Å². The Morgan fingerprint density at radius 2 is 2.27 bits per heavy atom. The average Bonchev–Trinajstić information content (AvgIpc) is 1.85. The summed E-state index contributed by atoms with van der Waals surface area (Å²) in [5, 5.41) is 0. The van der Waals surface area contributed by atoms with Gasteiger partial charge in [0, 0.05) is 20.2 Å². The van der Waals surface area contributed by atoms with E-state index in [1.54, 1.807) is 7.11 Å². The SMILES string of the molecule is COC[C@@H]1CN(C)CC(C)O1. The van der Waals surface area contributed by atoms with Crippen LogP contribution in [0.5, 0.6) is 0 Å². The van der Waals surface area contributed by atoms with Crippen LogP contribution in [0, 0.1) is 0 Å². The Bertz CT molecular complexity index is 109. The zero-order valence-corrected chi connectivity index (χ0v) is 7.54. The zero-order chi connectivity index (χ0) is 8.27. The summed E-state index contributed by atoms with van der Waals surface area (Å²) < 4.78 is 10.7. The fourth-order valence-corrected chi connectivity index (χ4v) is 1.55. The van der Waals surface area contributed by atoms with Crippen molar-refractivity contribution in [2.45, 2.75) is 19.1 Å². The average molecular weight is 159 g/mol. The van der Waals surface area contributed by atoms with Crippen LogP contribution in [-0.2, 0) is 9.47 Å². The van der Waals surface area contributed by atoms with Crippen LogP contribution in [-0.4, -0.2) is 51.0 Å². The summed E-state index contributed by atoms with van der Waals surface area (Å²) in [6, 6.07) is 0. The van der Waals surface area contributed by atoms with Gasteiger partial charge in [-0.2, -0.15) is 0 Å². The van der Waals surface area contributed by atoms with Crippen LogP contribution < -0.4 is 0 Å². The molecule has 1 heterocycles. The van der Waals surface area contributed by atoms with Crippen molar-refractivity contribution in [3.8, 4) is 0 Å². The monoisotopic (exact) mass is 159 g/mol. The van der Waals surface area contributed by atoms with Crippen LogP contribution in [0.3, 0.4) is 0 Å². The molecule has 0 N–H and O–H groups in total. The van der Waals surface area contributed by atoms with E-state index in [9.17, 15) is 0 Å². The zero-order valence-electron chi connectivity index (χ0n) is 7.54. The third kappa shape index (κ3) is 2.77. The summed E-state index contributed by atoms with van der Waals surface area (Å²) in [4.78, 5) is 2.28. The second kappa shape index (κ2) is 4.04. The second-order valence-corrected chi connectivity index (χ2v) is 3.25. The first-order valence-electron chi connectivity index (χ1n) is 4.05. The molecule has 0 aromatic rings. The summed E-state index contributed by atoms with van der Waals surface area (Å²) in [5.41, 5.74) is 0. The van der Waals surface area contributed by atoms with E-state index in [-0.39, 0.29) is 6.10 Å². The minimum absolute atomic E-state index is 0.258. The molecule has 11 heavy (non-hydrogen) atoms. The Morgan fingerprint density at radius 1 is 1.55 bits per heavy atom. The highest BCUT2D eigenvalue weighted by atomic mass is 16.5. The first-order valence-corrected chi connectivity index (χ1v) is 4.05. The fourth-order valence-electron chi connectivity index (χ4n) is 1.55. The minimum Gasteiger partial charge on any atom is -0.382 e. The Balaban J connectivity index is 2.30. The van der Waals surface area contributed by atoms with E-state index in [1.807, 2.05) is 0 Å². The Kier molecular flexibility index (Phi) is 3.30. The van der Waals surface area contributed by atoms with Gasteiger partial charge in [0.25, 0.3) is 0 Å². The number of morpholine rings is 1. The molecule has 0 radical (unpaired) electrons. The first kappa shape index (κ1) is 8.97. The van der Waals surface area contributed by atoms with Crippen LogP contribution in [0.2, 0.25) is 0 Å². The molecule has 1 aliphatic rings. The van der Waals surface area contributed by atoms with E-state index in [0.29, 0.717) is 12.7 Å². The normalized spacial score (nSPS) is 34.1. The van der Waals surface area contributed by atoms with Gasteiger partial charge in [0.15, 0.2) is 0 Å². The molecule has 1 fully saturated rings. The van der Waals surface area contributed by atoms with Gasteiger partial charge in [-0.25, -0.2) is 0 Å². The first-order chi connectivity index (χ1) is 5.22. The molecule has 2 atom stereocenters. The highest BCUT2D eigenvalue weighted by Crippen LogP contribution is 2.08. The van der Waals surface area contributed by atoms with Crippen molar-refractivity contribution in [2.75, 3.05) is 33.9 Å². The molecule has 1 aliphatic heterocycles. The summed E-state index contributed by atoms with van der Waals surface area (Å²) in [5.74, 6) is 0. The Hall–Kier alpha value is -0.120. The lowest BCUT2D eigenvalue weighted by Gasteiger charge is -2.34. The number of hydrogen-bond donors (Lipinski definition) is 0. The summed E-state index contributed by atoms with van der Waals surface area (Å²) in [7, 11) is 3.82. The van der Waals surface area contributed by atoms with E-state index in [1.165, 1.54) is 0 Å². The number of ether oxygens (including phenoxy) is 2. The molecular weight excluding hydrogens is 142 g/mol. The van der Waals surface area contributed by atoms with Crippen molar-refractivity contribution in [1.82, 2.24) is 4.90 Å². The van der Waals surface area contributed by atoms with E-state index < -0.39 is 0 Å². The maximum absolute atomic E-state index is 5.63. The van der Waals surface area contributed by atoms with Crippen LogP contribution in [0.25, 0.3) is 0 Å². The van der Waals surface area contributed by atoms with Gasteiger partial charge in [-0.15, -0.1) is 0 Å². The predicted molar refractivity (Wildman–Crippen MR) is 43.7 cm³/mol. The number of hydrogen-bond acceptors (Lipinski definition) is 3. The largest absolute Gasteiger partial charge is 0.382 e. The quantitative estimate of drug-likeness (QED) is 0.580. The lowest BCUT2D eigenvalue weighted by molar-refractivity contribution is -0.0948. The van der Waals surface area contributed by atoms with Crippen molar-refractivity contribution in [1.29, 1.82) is 0 Å². The van der Waals surface area contributed by atoms with Crippen molar-refractivity contribution in [3.63, 3.8) is 0 Å². The number of likely N-dealkylation sites (N-methyl/N-ethyl adjacent to an activating group) is 1. The molecule has 3 heteroatoms. The van der Waals surface area contributed by atoms with Crippen molar-refractivity contribution in [2.24, 2.45) is 0 Å². The van der Waals surface area contributed by atoms with Crippen molar-refractivity contribution < 1.29 is 9.47 Å². The van der Waals surface area contributed by atoms with Gasteiger partial charge in [-0.3, -0.25) is 0 Å². The summed E-state index contributed by atoms with van der Waals surface area (Å²) in [6.07, 6.45) is 0.600. The van der Waals surface area contributed by atoms with Crippen LogP contribution in [0.1, 0.15) is 6.92 Å². The van der Waals surface area contributed by atoms with Gasteiger partial charge in [0.1, 0.15) is 0 Å². The standard InChI is InChI=1S/C8H17NO2/c1-7-4-9(2)5-8(11-7)6-10-3/h7-8H,4-6H2,1-3H3/t7?,8-/m0/s1. The van der Waals surface area contributed by atoms with Crippen LogP contribution in [0.4, 0.5) is 0 Å². The van der Waals surface area contributed by atoms with E-state index in [2.05, 4.69) is 18.9 Å². The van der Waals surface area contributed by atoms with Gasteiger partial charge in [0.05, 0.1) is 18.8 Å². The summed E-state index contributed by atoms with van der Waals surface area (Å²) in [6.45, 7) is 4.81. The molecule has 0 spiro atoms. The number of rotatable bonds is 2. The Labute approximate surface area is 68.3 Å². The van der Waals surface area contributed by atoms with Gasteiger partial charge >= 0.3 is 0 Å². The molecule has 0 saturated carbocycles.